The minimum absolute atomic E-state index is 0.465. The Labute approximate surface area is 78.5 Å². The predicted molar refractivity (Wildman–Crippen MR) is 50.5 cm³/mol. The normalized spacial score (nSPS) is 12.2. The van der Waals surface area contributed by atoms with Crippen LogP contribution in [0, 0.1) is 0 Å². The molecule has 0 heterocycles. The third kappa shape index (κ3) is 2.60. The number of hydrogen-bond acceptors (Lipinski definition) is 2. The van der Waals surface area contributed by atoms with E-state index in [1.54, 1.807) is 37.5 Å². The molecule has 0 spiro atoms. The molecule has 2 nitrogen and oxygen atoms in total. The van der Waals surface area contributed by atoms with Crippen LogP contribution in [0.5, 0.6) is 5.75 Å². The van der Waals surface area contributed by atoms with Gasteiger partial charge >= 0.3 is 0 Å². The van der Waals surface area contributed by atoms with Crippen LogP contribution in [0.25, 0.3) is 0 Å². The second-order valence-corrected chi connectivity index (χ2v) is 2.79. The highest BCUT2D eigenvalue weighted by Gasteiger charge is 1.96. The van der Waals surface area contributed by atoms with E-state index in [0.717, 1.165) is 11.3 Å². The summed E-state index contributed by atoms with van der Waals surface area (Å²) in [7, 11) is 1.60. The van der Waals surface area contributed by atoms with Crippen molar-refractivity contribution in [3.8, 4) is 5.75 Å². The van der Waals surface area contributed by atoms with E-state index in [-0.39, 0.29) is 0 Å². The quantitative estimate of drug-likeness (QED) is 0.655. The Morgan fingerprint density at radius 3 is 2.54 bits per heavy atom. The minimum Gasteiger partial charge on any atom is -0.848 e. The molecule has 1 rings (SSSR count). The molecule has 0 radical (unpaired) electrons. The van der Waals surface area contributed by atoms with Crippen LogP contribution < -0.4 is 9.84 Å². The Bertz CT molecular complexity index is 264. The van der Waals surface area contributed by atoms with Crippen molar-refractivity contribution < 1.29 is 9.84 Å². The Morgan fingerprint density at radius 1 is 1.46 bits per heavy atom. The Morgan fingerprint density at radius 2 is 2.08 bits per heavy atom. The zero-order valence-electron chi connectivity index (χ0n) is 7.69. The largest absolute Gasteiger partial charge is 0.848 e. The van der Waals surface area contributed by atoms with Crippen LogP contribution in [-0.2, 0) is 0 Å². The lowest BCUT2D eigenvalue weighted by atomic mass is 10.1. The Kier molecular flexibility index (Phi) is 3.53. The van der Waals surface area contributed by atoms with Crippen molar-refractivity contribution in [3.05, 3.63) is 42.5 Å². The predicted octanol–water partition coefficient (Wildman–Crippen LogP) is 1.67. The topological polar surface area (TPSA) is 32.3 Å². The van der Waals surface area contributed by atoms with Crippen LogP contribution in [-0.4, -0.2) is 7.11 Å². The van der Waals surface area contributed by atoms with Crippen molar-refractivity contribution in [2.75, 3.05) is 7.11 Å². The van der Waals surface area contributed by atoms with Gasteiger partial charge in [-0.2, -0.15) is 0 Å². The van der Waals surface area contributed by atoms with Gasteiger partial charge in [-0.05, 0) is 18.6 Å². The van der Waals surface area contributed by atoms with Crippen LogP contribution in [0.2, 0.25) is 0 Å². The number of ether oxygens (including phenoxy) is 1. The van der Waals surface area contributed by atoms with Crippen molar-refractivity contribution in [2.24, 2.45) is 0 Å². The van der Waals surface area contributed by atoms with Crippen molar-refractivity contribution >= 4 is 0 Å². The average Bonchev–Trinajstić information content (AvgIpc) is 2.18. The van der Waals surface area contributed by atoms with E-state index < -0.39 is 6.10 Å². The van der Waals surface area contributed by atoms with Gasteiger partial charge in [0.05, 0.1) is 7.11 Å². The van der Waals surface area contributed by atoms with Gasteiger partial charge in [-0.25, -0.2) is 0 Å². The maximum Gasteiger partial charge on any atom is 0.118 e. The molecule has 0 amide bonds. The summed E-state index contributed by atoms with van der Waals surface area (Å²) in [5, 5.41) is 11.4. The summed E-state index contributed by atoms with van der Waals surface area (Å²) >= 11 is 0. The standard InChI is InChI=1S/C11H13O2/c1-3-4-11(12)9-5-7-10(13-2)8-6-9/h3,5-8,11H,1,4H2,2H3/q-1. The van der Waals surface area contributed by atoms with E-state index in [9.17, 15) is 5.11 Å². The van der Waals surface area contributed by atoms with Gasteiger partial charge < -0.3 is 9.84 Å². The maximum atomic E-state index is 11.4. The Hall–Kier alpha value is -1.28. The van der Waals surface area contributed by atoms with E-state index in [2.05, 4.69) is 6.58 Å². The summed E-state index contributed by atoms with van der Waals surface area (Å²) in [6, 6.07) is 7.17. The molecule has 0 bridgehead atoms. The molecule has 0 saturated carbocycles. The van der Waals surface area contributed by atoms with E-state index >= 15 is 0 Å². The second-order valence-electron chi connectivity index (χ2n) is 2.79. The molecule has 1 atom stereocenters. The summed E-state index contributed by atoms with van der Waals surface area (Å²) < 4.78 is 4.99. The van der Waals surface area contributed by atoms with Crippen LogP contribution >= 0.6 is 0 Å². The molecule has 0 N–H and O–H groups in total. The van der Waals surface area contributed by atoms with E-state index in [4.69, 9.17) is 4.74 Å². The van der Waals surface area contributed by atoms with E-state index in [1.165, 1.54) is 0 Å². The van der Waals surface area contributed by atoms with Crippen LogP contribution in [0.1, 0.15) is 18.1 Å². The number of benzene rings is 1. The van der Waals surface area contributed by atoms with Crippen molar-refractivity contribution in [1.29, 1.82) is 0 Å². The molecule has 70 valence electrons. The first kappa shape index (κ1) is 9.81. The molecule has 2 heteroatoms. The lowest BCUT2D eigenvalue weighted by molar-refractivity contribution is -0.425. The molecule has 0 aliphatic rings. The van der Waals surface area contributed by atoms with Crippen LogP contribution in [0.15, 0.2) is 36.9 Å². The van der Waals surface area contributed by atoms with Crippen LogP contribution in [0.3, 0.4) is 0 Å². The molecular weight excluding hydrogens is 164 g/mol. The van der Waals surface area contributed by atoms with Crippen molar-refractivity contribution in [3.63, 3.8) is 0 Å². The first-order valence-corrected chi connectivity index (χ1v) is 4.18. The average molecular weight is 177 g/mol. The lowest BCUT2D eigenvalue weighted by Crippen LogP contribution is -2.13. The fourth-order valence-corrected chi connectivity index (χ4v) is 1.11. The molecule has 1 unspecified atom stereocenters. The van der Waals surface area contributed by atoms with E-state index in [0.29, 0.717) is 6.42 Å². The van der Waals surface area contributed by atoms with Gasteiger partial charge in [-0.15, -0.1) is 6.58 Å². The van der Waals surface area contributed by atoms with Crippen LogP contribution in [0.4, 0.5) is 0 Å². The molecule has 0 aliphatic heterocycles. The molecule has 0 saturated heterocycles. The molecule has 0 fully saturated rings. The third-order valence-electron chi connectivity index (χ3n) is 1.87. The molecule has 1 aromatic carbocycles. The van der Waals surface area contributed by atoms with Gasteiger partial charge in [0.25, 0.3) is 0 Å². The third-order valence-corrected chi connectivity index (χ3v) is 1.87. The second kappa shape index (κ2) is 4.67. The Balaban J connectivity index is 2.73. The van der Waals surface area contributed by atoms with Crippen molar-refractivity contribution in [2.45, 2.75) is 12.5 Å². The molecule has 0 aromatic heterocycles. The smallest absolute Gasteiger partial charge is 0.118 e. The summed E-state index contributed by atoms with van der Waals surface area (Å²) in [5.41, 5.74) is 0.778. The first-order chi connectivity index (χ1) is 6.27. The van der Waals surface area contributed by atoms with E-state index in [1.807, 2.05) is 0 Å². The number of hydrogen-bond donors (Lipinski definition) is 0. The van der Waals surface area contributed by atoms with Gasteiger partial charge in [0, 0.05) is 0 Å². The zero-order valence-corrected chi connectivity index (χ0v) is 7.69. The minimum atomic E-state index is -0.705. The summed E-state index contributed by atoms with van der Waals surface area (Å²) in [6.07, 6.45) is 1.40. The fraction of sp³-hybridized carbons (Fsp3) is 0.273. The molecule has 0 aliphatic carbocycles. The summed E-state index contributed by atoms with van der Waals surface area (Å²) in [5.74, 6) is 0.773. The van der Waals surface area contributed by atoms with Gasteiger partial charge in [-0.3, -0.25) is 0 Å². The monoisotopic (exact) mass is 177 g/mol. The van der Waals surface area contributed by atoms with Gasteiger partial charge in [0.1, 0.15) is 5.75 Å². The molecular formula is C11H13O2-. The lowest BCUT2D eigenvalue weighted by Gasteiger charge is -2.20. The zero-order chi connectivity index (χ0) is 9.68. The highest BCUT2D eigenvalue weighted by Crippen LogP contribution is 2.17. The highest BCUT2D eigenvalue weighted by molar-refractivity contribution is 5.28. The SMILES string of the molecule is C=CCC([O-])c1ccc(OC)cc1. The number of methoxy groups -OCH3 is 1. The molecule has 13 heavy (non-hydrogen) atoms. The number of rotatable bonds is 4. The summed E-state index contributed by atoms with van der Waals surface area (Å²) in [4.78, 5) is 0. The van der Waals surface area contributed by atoms with Gasteiger partial charge in [-0.1, -0.05) is 29.9 Å². The molecule has 1 aromatic rings. The first-order valence-electron chi connectivity index (χ1n) is 4.18. The highest BCUT2D eigenvalue weighted by atomic mass is 16.5. The van der Waals surface area contributed by atoms with Gasteiger partial charge in [0.15, 0.2) is 0 Å². The fourth-order valence-electron chi connectivity index (χ4n) is 1.11. The maximum absolute atomic E-state index is 11.4. The van der Waals surface area contributed by atoms with Gasteiger partial charge in [0.2, 0.25) is 0 Å². The van der Waals surface area contributed by atoms with Crippen molar-refractivity contribution in [1.82, 2.24) is 0 Å². The summed E-state index contributed by atoms with van der Waals surface area (Å²) in [6.45, 7) is 3.54.